The van der Waals surface area contributed by atoms with Gasteiger partial charge in [0.2, 0.25) is 0 Å². The number of fused-ring (bicyclic) bond motifs is 1. The molecule has 7 nitrogen and oxygen atoms in total. The number of methoxy groups -OCH3 is 1. The van der Waals surface area contributed by atoms with Crippen LogP contribution in [0.4, 0.5) is 5.82 Å². The molecule has 154 valence electrons. The fourth-order valence-electron chi connectivity index (χ4n) is 3.74. The van der Waals surface area contributed by atoms with Gasteiger partial charge in [-0.05, 0) is 43.5 Å². The molecule has 0 fully saturated rings. The maximum absolute atomic E-state index is 12.4. The molecule has 0 saturated carbocycles. The molecule has 0 atom stereocenters. The second-order valence-corrected chi connectivity index (χ2v) is 7.06. The molecule has 0 unspecified atom stereocenters. The van der Waals surface area contributed by atoms with E-state index in [9.17, 15) is 4.79 Å². The van der Waals surface area contributed by atoms with Crippen LogP contribution in [0.1, 0.15) is 32.7 Å². The zero-order valence-electron chi connectivity index (χ0n) is 17.4. The van der Waals surface area contributed by atoms with Crippen LogP contribution in [0.15, 0.2) is 48.8 Å². The molecule has 2 heterocycles. The smallest absolute Gasteiger partial charge is 0.253 e. The lowest BCUT2D eigenvalue weighted by atomic mass is 10.1. The van der Waals surface area contributed by atoms with Crippen LogP contribution in [0.25, 0.3) is 16.7 Å². The van der Waals surface area contributed by atoms with Crippen molar-refractivity contribution in [2.45, 2.75) is 13.8 Å². The lowest BCUT2D eigenvalue weighted by Crippen LogP contribution is -2.14. The molecule has 0 bridgehead atoms. The van der Waals surface area contributed by atoms with Gasteiger partial charge in [-0.2, -0.15) is 0 Å². The van der Waals surface area contributed by atoms with Gasteiger partial charge in [0.1, 0.15) is 23.6 Å². The van der Waals surface area contributed by atoms with E-state index in [4.69, 9.17) is 16.2 Å². The third-order valence-corrected chi connectivity index (χ3v) is 5.16. The zero-order chi connectivity index (χ0) is 22.1. The van der Waals surface area contributed by atoms with Gasteiger partial charge in [0.25, 0.3) is 5.91 Å². The van der Waals surface area contributed by atoms with E-state index in [1.165, 1.54) is 6.33 Å². The van der Waals surface area contributed by atoms with Crippen molar-refractivity contribution in [3.8, 4) is 23.3 Å². The maximum Gasteiger partial charge on any atom is 0.253 e. The van der Waals surface area contributed by atoms with Gasteiger partial charge in [0.15, 0.2) is 5.65 Å². The topological polar surface area (TPSA) is 109 Å². The molecule has 7 heteroatoms. The van der Waals surface area contributed by atoms with Crippen molar-refractivity contribution >= 4 is 22.8 Å². The predicted octanol–water partition coefficient (Wildman–Crippen LogP) is 3.13. The SMILES string of the molecule is COc1ccc(C)c(-n2c(N)c(C(N)=O)c3c(C#Cc4ccccc4)ncnc32)c1C. The third-order valence-electron chi connectivity index (χ3n) is 5.16. The summed E-state index contributed by atoms with van der Waals surface area (Å²) in [5.41, 5.74) is 16.6. The fourth-order valence-corrected chi connectivity index (χ4v) is 3.74. The number of rotatable bonds is 3. The lowest BCUT2D eigenvalue weighted by molar-refractivity contribution is 0.100. The van der Waals surface area contributed by atoms with Crippen molar-refractivity contribution in [1.82, 2.24) is 14.5 Å². The molecular weight excluding hydrogens is 390 g/mol. The Morgan fingerprint density at radius 1 is 1.06 bits per heavy atom. The summed E-state index contributed by atoms with van der Waals surface area (Å²) in [6, 6.07) is 13.3. The van der Waals surface area contributed by atoms with E-state index in [1.807, 2.05) is 56.3 Å². The number of nitrogens with zero attached hydrogens (tertiary/aromatic N) is 3. The highest BCUT2D eigenvalue weighted by Crippen LogP contribution is 2.36. The minimum Gasteiger partial charge on any atom is -0.496 e. The number of hydrogen-bond donors (Lipinski definition) is 2. The average molecular weight is 411 g/mol. The van der Waals surface area contributed by atoms with Crippen molar-refractivity contribution in [3.63, 3.8) is 0 Å². The van der Waals surface area contributed by atoms with E-state index in [0.29, 0.717) is 22.5 Å². The number of amides is 1. The van der Waals surface area contributed by atoms with E-state index in [0.717, 1.165) is 22.4 Å². The first kappa shape index (κ1) is 20.0. The number of anilines is 1. The molecule has 1 amide bonds. The highest BCUT2D eigenvalue weighted by Gasteiger charge is 2.26. The number of carbonyl (C=O) groups is 1. The van der Waals surface area contributed by atoms with Crippen LogP contribution < -0.4 is 16.2 Å². The molecule has 0 aliphatic rings. The first-order valence-corrected chi connectivity index (χ1v) is 9.60. The highest BCUT2D eigenvalue weighted by atomic mass is 16.5. The van der Waals surface area contributed by atoms with Gasteiger partial charge in [-0.15, -0.1) is 0 Å². The summed E-state index contributed by atoms with van der Waals surface area (Å²) >= 11 is 0. The number of aromatic nitrogens is 3. The molecule has 0 aliphatic heterocycles. The van der Waals surface area contributed by atoms with Crippen molar-refractivity contribution in [2.24, 2.45) is 5.73 Å². The van der Waals surface area contributed by atoms with Gasteiger partial charge in [0, 0.05) is 11.1 Å². The van der Waals surface area contributed by atoms with Crippen LogP contribution in [0.3, 0.4) is 0 Å². The number of nitrogens with two attached hydrogens (primary N) is 2. The van der Waals surface area contributed by atoms with Gasteiger partial charge in [-0.3, -0.25) is 9.36 Å². The molecule has 4 rings (SSSR count). The van der Waals surface area contributed by atoms with Crippen LogP contribution in [0, 0.1) is 25.7 Å². The van der Waals surface area contributed by atoms with Crippen LogP contribution in [0.5, 0.6) is 5.75 Å². The van der Waals surface area contributed by atoms with E-state index >= 15 is 0 Å². The number of primary amides is 1. The van der Waals surface area contributed by atoms with Crippen LogP contribution in [-0.2, 0) is 0 Å². The van der Waals surface area contributed by atoms with Gasteiger partial charge < -0.3 is 16.2 Å². The summed E-state index contributed by atoms with van der Waals surface area (Å²) in [5.74, 6) is 6.32. The van der Waals surface area contributed by atoms with E-state index in [1.54, 1.807) is 11.7 Å². The zero-order valence-corrected chi connectivity index (χ0v) is 17.4. The number of ether oxygens (including phenoxy) is 1. The summed E-state index contributed by atoms with van der Waals surface area (Å²) < 4.78 is 7.20. The number of hydrogen-bond acceptors (Lipinski definition) is 5. The molecule has 4 aromatic rings. The van der Waals surface area contributed by atoms with Gasteiger partial charge in [0.05, 0.1) is 23.7 Å². The summed E-state index contributed by atoms with van der Waals surface area (Å²) in [6.45, 7) is 3.88. The van der Waals surface area contributed by atoms with Gasteiger partial charge in [-0.25, -0.2) is 9.97 Å². The normalized spacial score (nSPS) is 10.5. The van der Waals surface area contributed by atoms with Crippen LogP contribution in [0.2, 0.25) is 0 Å². The molecule has 4 N–H and O–H groups in total. The second kappa shape index (κ2) is 7.84. The van der Waals surface area contributed by atoms with E-state index < -0.39 is 5.91 Å². The number of nitrogen functional groups attached to an aromatic ring is 1. The number of benzene rings is 2. The van der Waals surface area contributed by atoms with E-state index in [2.05, 4.69) is 21.8 Å². The Morgan fingerprint density at radius 3 is 2.48 bits per heavy atom. The van der Waals surface area contributed by atoms with Gasteiger partial charge >= 0.3 is 0 Å². The number of carbonyl (C=O) groups excluding carboxylic acids is 1. The molecule has 0 radical (unpaired) electrons. The minimum atomic E-state index is -0.669. The summed E-state index contributed by atoms with van der Waals surface area (Å²) in [6.07, 6.45) is 1.41. The molecule has 0 spiro atoms. The largest absolute Gasteiger partial charge is 0.496 e. The van der Waals surface area contributed by atoms with E-state index in [-0.39, 0.29) is 11.4 Å². The standard InChI is InChI=1S/C24H21N5O2/c1-14-9-12-18(31-3)15(2)21(14)29-22(25)20(23(26)30)19-17(27-13-28-24(19)29)11-10-16-7-5-4-6-8-16/h4-9,12-13H,25H2,1-3H3,(H2,26,30). The third kappa shape index (κ3) is 3.34. The predicted molar refractivity (Wildman–Crippen MR) is 120 cm³/mol. The van der Waals surface area contributed by atoms with Crippen LogP contribution >= 0.6 is 0 Å². The summed E-state index contributed by atoms with van der Waals surface area (Å²) in [7, 11) is 1.60. The van der Waals surface area contributed by atoms with Crippen molar-refractivity contribution < 1.29 is 9.53 Å². The Kier molecular flexibility index (Phi) is 5.05. The lowest BCUT2D eigenvalue weighted by Gasteiger charge is -2.16. The Hall–Kier alpha value is -4.31. The molecule has 31 heavy (non-hydrogen) atoms. The maximum atomic E-state index is 12.4. The average Bonchev–Trinajstić information content (AvgIpc) is 3.06. The van der Waals surface area contributed by atoms with Crippen molar-refractivity contribution in [3.05, 3.63) is 76.7 Å². The Morgan fingerprint density at radius 2 is 1.81 bits per heavy atom. The second-order valence-electron chi connectivity index (χ2n) is 7.06. The minimum absolute atomic E-state index is 0.148. The molecule has 0 saturated heterocycles. The Bertz CT molecular complexity index is 1380. The van der Waals surface area contributed by atoms with Crippen molar-refractivity contribution in [2.75, 3.05) is 12.8 Å². The monoisotopic (exact) mass is 411 g/mol. The van der Waals surface area contributed by atoms with Crippen molar-refractivity contribution in [1.29, 1.82) is 0 Å². The molecular formula is C24H21N5O2. The quantitative estimate of drug-likeness (QED) is 0.504. The fraction of sp³-hybridized carbons (Fsp3) is 0.125. The molecule has 0 aliphatic carbocycles. The highest BCUT2D eigenvalue weighted by molar-refractivity contribution is 6.12. The first-order valence-electron chi connectivity index (χ1n) is 9.60. The molecule has 2 aromatic carbocycles. The van der Waals surface area contributed by atoms with Gasteiger partial charge in [-0.1, -0.05) is 30.2 Å². The summed E-state index contributed by atoms with van der Waals surface area (Å²) in [4.78, 5) is 21.1. The summed E-state index contributed by atoms with van der Waals surface area (Å²) in [5, 5.41) is 0.428. The first-order chi connectivity index (χ1) is 14.9. The Balaban J connectivity index is 2.06. The molecule has 2 aromatic heterocycles. The van der Waals surface area contributed by atoms with Crippen LogP contribution in [-0.4, -0.2) is 27.6 Å². The Labute approximate surface area is 179 Å². The number of aryl methyl sites for hydroxylation is 1.